The zero-order chi connectivity index (χ0) is 14.6. The first-order valence-electron chi connectivity index (χ1n) is 7.89. The number of carbonyl (C=O) groups is 1. The van der Waals surface area contributed by atoms with Crippen LogP contribution in [0.4, 0.5) is 0 Å². The van der Waals surface area contributed by atoms with Crippen molar-refractivity contribution in [1.29, 1.82) is 0 Å². The Morgan fingerprint density at radius 3 is 2.50 bits per heavy atom. The maximum atomic E-state index is 12.8. The second-order valence-electron chi connectivity index (χ2n) is 5.90. The molecule has 0 aromatic rings. The average molecular weight is 284 g/mol. The van der Waals surface area contributed by atoms with Crippen LogP contribution < -0.4 is 5.73 Å². The lowest BCUT2D eigenvalue weighted by atomic mass is 9.80. The molecule has 0 saturated carbocycles. The average Bonchev–Trinajstić information content (AvgIpc) is 3.04. The number of hydrogen-bond acceptors (Lipinski definition) is 4. The van der Waals surface area contributed by atoms with Gasteiger partial charge in [0.2, 0.25) is 5.91 Å². The molecule has 2 heterocycles. The van der Waals surface area contributed by atoms with E-state index in [-0.39, 0.29) is 18.1 Å². The van der Waals surface area contributed by atoms with E-state index in [4.69, 9.17) is 15.2 Å². The second-order valence-corrected chi connectivity index (χ2v) is 5.90. The first-order valence-corrected chi connectivity index (χ1v) is 7.89. The Morgan fingerprint density at radius 1 is 1.25 bits per heavy atom. The molecular weight excluding hydrogens is 256 g/mol. The Kier molecular flexibility index (Phi) is 5.41. The van der Waals surface area contributed by atoms with Gasteiger partial charge in [0.05, 0.1) is 18.1 Å². The van der Waals surface area contributed by atoms with Crippen molar-refractivity contribution in [1.82, 2.24) is 4.90 Å². The molecule has 0 radical (unpaired) electrons. The van der Waals surface area contributed by atoms with Crippen LogP contribution in [0.2, 0.25) is 0 Å². The Bertz CT molecular complexity index is 317. The number of nitrogens with two attached hydrogens (primary N) is 1. The van der Waals surface area contributed by atoms with E-state index in [0.717, 1.165) is 32.3 Å². The number of morpholine rings is 1. The van der Waals surface area contributed by atoms with Crippen LogP contribution >= 0.6 is 0 Å². The van der Waals surface area contributed by atoms with Crippen molar-refractivity contribution in [2.24, 2.45) is 11.1 Å². The maximum Gasteiger partial charge on any atom is 0.230 e. The number of rotatable bonds is 5. The first kappa shape index (κ1) is 15.7. The van der Waals surface area contributed by atoms with E-state index in [9.17, 15) is 4.79 Å². The Labute approximate surface area is 121 Å². The molecule has 20 heavy (non-hydrogen) atoms. The van der Waals surface area contributed by atoms with Crippen LogP contribution in [0.5, 0.6) is 0 Å². The van der Waals surface area contributed by atoms with Crippen molar-refractivity contribution < 1.29 is 14.3 Å². The lowest BCUT2D eigenvalue weighted by Gasteiger charge is -2.40. The molecule has 0 aromatic carbocycles. The van der Waals surface area contributed by atoms with Crippen LogP contribution in [0.3, 0.4) is 0 Å². The van der Waals surface area contributed by atoms with Crippen LogP contribution in [0.15, 0.2) is 0 Å². The number of carbonyl (C=O) groups excluding carboxylic acids is 1. The van der Waals surface area contributed by atoms with E-state index >= 15 is 0 Å². The predicted molar refractivity (Wildman–Crippen MR) is 77.4 cm³/mol. The van der Waals surface area contributed by atoms with Crippen LogP contribution in [0.1, 0.15) is 39.5 Å². The summed E-state index contributed by atoms with van der Waals surface area (Å²) in [7, 11) is 0. The second kappa shape index (κ2) is 6.87. The minimum absolute atomic E-state index is 0.0272. The van der Waals surface area contributed by atoms with Crippen molar-refractivity contribution in [2.45, 2.75) is 51.7 Å². The third-order valence-electron chi connectivity index (χ3n) is 4.96. The molecule has 2 rings (SSSR count). The smallest absolute Gasteiger partial charge is 0.230 e. The fraction of sp³-hybridized carbons (Fsp3) is 0.933. The van der Waals surface area contributed by atoms with Gasteiger partial charge in [-0.15, -0.1) is 0 Å². The van der Waals surface area contributed by atoms with E-state index < -0.39 is 5.41 Å². The summed E-state index contributed by atoms with van der Waals surface area (Å²) in [6.45, 7) is 7.24. The Morgan fingerprint density at radius 2 is 1.95 bits per heavy atom. The van der Waals surface area contributed by atoms with Gasteiger partial charge in [-0.3, -0.25) is 4.79 Å². The standard InChI is InChI=1S/C15H28N2O3/c1-3-15(4-2,11-16)14(18)17-7-9-20-13(10-17)12-6-5-8-19-12/h12-13H,3-11,16H2,1-2H3/t12-,13+/m0/s1. The first-order chi connectivity index (χ1) is 9.66. The summed E-state index contributed by atoms with van der Waals surface area (Å²) < 4.78 is 11.5. The van der Waals surface area contributed by atoms with Gasteiger partial charge in [-0.2, -0.15) is 0 Å². The molecule has 2 N–H and O–H groups in total. The highest BCUT2D eigenvalue weighted by molar-refractivity contribution is 5.83. The van der Waals surface area contributed by atoms with E-state index in [1.165, 1.54) is 0 Å². The molecule has 2 atom stereocenters. The number of nitrogens with zero attached hydrogens (tertiary/aromatic N) is 1. The minimum atomic E-state index is -0.404. The summed E-state index contributed by atoms with van der Waals surface area (Å²) in [4.78, 5) is 14.8. The molecule has 0 aliphatic carbocycles. The van der Waals surface area contributed by atoms with Crippen LogP contribution in [0, 0.1) is 5.41 Å². The molecule has 1 amide bonds. The van der Waals surface area contributed by atoms with Crippen molar-refractivity contribution in [3.63, 3.8) is 0 Å². The molecule has 2 aliphatic rings. The maximum absolute atomic E-state index is 12.8. The SMILES string of the molecule is CCC(CC)(CN)C(=O)N1CCO[C@@H]([C@@H]2CCCO2)C1. The van der Waals surface area contributed by atoms with Gasteiger partial charge in [0.25, 0.3) is 0 Å². The number of hydrogen-bond donors (Lipinski definition) is 1. The highest BCUT2D eigenvalue weighted by Gasteiger charge is 2.40. The van der Waals surface area contributed by atoms with Gasteiger partial charge in [0.1, 0.15) is 6.10 Å². The van der Waals surface area contributed by atoms with Crippen molar-refractivity contribution in [2.75, 3.05) is 32.8 Å². The number of ether oxygens (including phenoxy) is 2. The summed E-state index contributed by atoms with van der Waals surface area (Å²) in [6, 6.07) is 0. The molecule has 0 aromatic heterocycles. The quantitative estimate of drug-likeness (QED) is 0.823. The summed E-state index contributed by atoms with van der Waals surface area (Å²) in [5.41, 5.74) is 5.49. The molecule has 2 fully saturated rings. The summed E-state index contributed by atoms with van der Waals surface area (Å²) in [5, 5.41) is 0. The zero-order valence-electron chi connectivity index (χ0n) is 12.8. The highest BCUT2D eigenvalue weighted by Crippen LogP contribution is 2.29. The normalized spacial score (nSPS) is 27.9. The summed E-state index contributed by atoms with van der Waals surface area (Å²) >= 11 is 0. The summed E-state index contributed by atoms with van der Waals surface area (Å²) in [5.74, 6) is 0.191. The fourth-order valence-electron chi connectivity index (χ4n) is 3.24. The van der Waals surface area contributed by atoms with Gasteiger partial charge < -0.3 is 20.1 Å². The van der Waals surface area contributed by atoms with Gasteiger partial charge >= 0.3 is 0 Å². The van der Waals surface area contributed by atoms with Crippen LogP contribution in [-0.4, -0.2) is 55.9 Å². The lowest BCUT2D eigenvalue weighted by Crippen LogP contribution is -2.55. The van der Waals surface area contributed by atoms with Crippen molar-refractivity contribution >= 4 is 5.91 Å². The molecular formula is C15H28N2O3. The largest absolute Gasteiger partial charge is 0.375 e. The van der Waals surface area contributed by atoms with E-state index in [2.05, 4.69) is 0 Å². The van der Waals surface area contributed by atoms with Crippen LogP contribution in [-0.2, 0) is 14.3 Å². The Balaban J connectivity index is 2.02. The Hall–Kier alpha value is -0.650. The van der Waals surface area contributed by atoms with Gasteiger partial charge in [-0.25, -0.2) is 0 Å². The molecule has 2 aliphatic heterocycles. The van der Waals surface area contributed by atoms with Crippen molar-refractivity contribution in [3.8, 4) is 0 Å². The molecule has 0 unspecified atom stereocenters. The van der Waals surface area contributed by atoms with Gasteiger partial charge in [-0.05, 0) is 25.7 Å². The van der Waals surface area contributed by atoms with E-state index in [1.807, 2.05) is 18.7 Å². The monoisotopic (exact) mass is 284 g/mol. The van der Waals surface area contributed by atoms with E-state index in [1.54, 1.807) is 0 Å². The minimum Gasteiger partial charge on any atom is -0.375 e. The highest BCUT2D eigenvalue weighted by atomic mass is 16.5. The van der Waals surface area contributed by atoms with Gasteiger partial charge in [0.15, 0.2) is 0 Å². The van der Waals surface area contributed by atoms with Gasteiger partial charge in [0, 0.05) is 26.2 Å². The number of amides is 1. The fourth-order valence-corrected chi connectivity index (χ4v) is 3.24. The third kappa shape index (κ3) is 3.00. The zero-order valence-corrected chi connectivity index (χ0v) is 12.8. The molecule has 5 nitrogen and oxygen atoms in total. The molecule has 116 valence electrons. The lowest BCUT2D eigenvalue weighted by molar-refractivity contribution is -0.155. The third-order valence-corrected chi connectivity index (χ3v) is 4.96. The molecule has 2 saturated heterocycles. The van der Waals surface area contributed by atoms with Crippen LogP contribution in [0.25, 0.3) is 0 Å². The molecule has 5 heteroatoms. The molecule has 0 bridgehead atoms. The topological polar surface area (TPSA) is 64.8 Å². The molecule has 0 spiro atoms. The van der Waals surface area contributed by atoms with E-state index in [0.29, 0.717) is 26.2 Å². The summed E-state index contributed by atoms with van der Waals surface area (Å²) in [6.07, 6.45) is 3.90. The van der Waals surface area contributed by atoms with Gasteiger partial charge in [-0.1, -0.05) is 13.8 Å². The predicted octanol–water partition coefficient (Wildman–Crippen LogP) is 1.16. The van der Waals surface area contributed by atoms with Crippen molar-refractivity contribution in [3.05, 3.63) is 0 Å².